The Hall–Kier alpha value is -2.96. The zero-order valence-electron chi connectivity index (χ0n) is 17.7. The van der Waals surface area contributed by atoms with Crippen molar-refractivity contribution in [2.75, 3.05) is 11.1 Å². The Bertz CT molecular complexity index is 1290. The van der Waals surface area contributed by atoms with Crippen LogP contribution in [0.2, 0.25) is 5.02 Å². The van der Waals surface area contributed by atoms with Crippen molar-refractivity contribution in [1.82, 2.24) is 9.97 Å². The van der Waals surface area contributed by atoms with Crippen LogP contribution in [0.5, 0.6) is 0 Å². The van der Waals surface area contributed by atoms with Crippen LogP contribution in [0.1, 0.15) is 18.1 Å². The van der Waals surface area contributed by atoms with Gasteiger partial charge < -0.3 is 5.32 Å². The zero-order chi connectivity index (χ0) is 22.7. The summed E-state index contributed by atoms with van der Waals surface area (Å²) in [6, 6.07) is 17.5. The summed E-state index contributed by atoms with van der Waals surface area (Å²) in [6.45, 7) is 4.00. The fourth-order valence-electron chi connectivity index (χ4n) is 3.25. The van der Waals surface area contributed by atoms with E-state index in [1.807, 2.05) is 25.1 Å². The third-order valence-corrected chi connectivity index (χ3v) is 6.28. The molecule has 0 aliphatic heterocycles. The molecular formula is C25H21ClFN3OS. The van der Waals surface area contributed by atoms with Crippen LogP contribution >= 0.6 is 23.4 Å². The number of carbonyl (C=O) groups excluding carboxylic acids is 1. The molecule has 32 heavy (non-hydrogen) atoms. The quantitative estimate of drug-likeness (QED) is 0.254. The van der Waals surface area contributed by atoms with Gasteiger partial charge in [-0.1, -0.05) is 42.4 Å². The zero-order valence-corrected chi connectivity index (χ0v) is 19.2. The lowest BCUT2D eigenvalue weighted by Crippen LogP contribution is -2.15. The van der Waals surface area contributed by atoms with Crippen LogP contribution < -0.4 is 5.32 Å². The second-order valence-electron chi connectivity index (χ2n) is 7.36. The van der Waals surface area contributed by atoms with E-state index in [4.69, 9.17) is 16.6 Å². The van der Waals surface area contributed by atoms with Gasteiger partial charge >= 0.3 is 0 Å². The molecule has 3 aromatic carbocycles. The molecule has 0 atom stereocenters. The molecule has 0 saturated carbocycles. The summed E-state index contributed by atoms with van der Waals surface area (Å²) >= 11 is 7.40. The number of aryl methyl sites for hydroxylation is 2. The molecule has 7 heteroatoms. The second kappa shape index (κ2) is 9.67. The molecule has 1 heterocycles. The van der Waals surface area contributed by atoms with Crippen LogP contribution in [0.4, 0.5) is 10.1 Å². The van der Waals surface area contributed by atoms with E-state index in [9.17, 15) is 9.18 Å². The Morgan fingerprint density at radius 1 is 1.06 bits per heavy atom. The van der Waals surface area contributed by atoms with Gasteiger partial charge in [0, 0.05) is 21.7 Å². The number of carbonyl (C=O) groups is 1. The summed E-state index contributed by atoms with van der Waals surface area (Å²) < 4.78 is 13.4. The maximum absolute atomic E-state index is 13.4. The highest BCUT2D eigenvalue weighted by Crippen LogP contribution is 2.30. The van der Waals surface area contributed by atoms with Crippen LogP contribution in [-0.4, -0.2) is 21.6 Å². The van der Waals surface area contributed by atoms with Gasteiger partial charge in [0.1, 0.15) is 10.8 Å². The number of halogens is 2. The highest BCUT2D eigenvalue weighted by molar-refractivity contribution is 8.00. The SMILES string of the molecule is CCc1ccc2nc(-c3ccc(F)cc3)nc(SCC(=O)Nc3cc(Cl)ccc3C)c2c1. The summed E-state index contributed by atoms with van der Waals surface area (Å²) in [7, 11) is 0. The maximum atomic E-state index is 13.4. The molecule has 0 saturated heterocycles. The summed E-state index contributed by atoms with van der Waals surface area (Å²) in [5, 5.41) is 5.09. The lowest BCUT2D eigenvalue weighted by atomic mass is 10.1. The molecule has 1 amide bonds. The van der Waals surface area contributed by atoms with Crippen LogP contribution in [0.15, 0.2) is 65.7 Å². The van der Waals surface area contributed by atoms with Crippen molar-refractivity contribution < 1.29 is 9.18 Å². The van der Waals surface area contributed by atoms with E-state index in [0.717, 1.165) is 28.5 Å². The molecule has 0 bridgehead atoms. The highest BCUT2D eigenvalue weighted by atomic mass is 35.5. The first kappa shape index (κ1) is 22.2. The van der Waals surface area contributed by atoms with E-state index in [2.05, 4.69) is 23.3 Å². The van der Waals surface area contributed by atoms with Gasteiger partial charge in [-0.25, -0.2) is 14.4 Å². The normalized spacial score (nSPS) is 11.0. The molecule has 1 aromatic heterocycles. The van der Waals surface area contributed by atoms with E-state index < -0.39 is 0 Å². The number of amides is 1. The van der Waals surface area contributed by atoms with Crippen molar-refractivity contribution in [2.45, 2.75) is 25.3 Å². The van der Waals surface area contributed by atoms with E-state index in [-0.39, 0.29) is 17.5 Å². The molecule has 0 aliphatic carbocycles. The Labute approximate surface area is 195 Å². The number of fused-ring (bicyclic) bond motifs is 1. The van der Waals surface area contributed by atoms with E-state index in [1.54, 1.807) is 24.3 Å². The predicted octanol–water partition coefficient (Wildman–Crippen LogP) is 6.69. The molecule has 0 unspecified atom stereocenters. The van der Waals surface area contributed by atoms with Gasteiger partial charge in [-0.3, -0.25) is 4.79 Å². The smallest absolute Gasteiger partial charge is 0.234 e. The summed E-state index contributed by atoms with van der Waals surface area (Å²) in [5.41, 5.74) is 4.29. The van der Waals surface area contributed by atoms with Crippen LogP contribution in [0.3, 0.4) is 0 Å². The second-order valence-corrected chi connectivity index (χ2v) is 8.76. The molecule has 1 N–H and O–H groups in total. The number of anilines is 1. The fraction of sp³-hybridized carbons (Fsp3) is 0.160. The summed E-state index contributed by atoms with van der Waals surface area (Å²) in [5.74, 6) is 0.208. The number of hydrogen-bond acceptors (Lipinski definition) is 4. The number of rotatable bonds is 6. The number of benzene rings is 3. The van der Waals surface area contributed by atoms with Crippen molar-refractivity contribution >= 4 is 45.9 Å². The van der Waals surface area contributed by atoms with Crippen molar-refractivity contribution in [3.63, 3.8) is 0 Å². The van der Waals surface area contributed by atoms with Gasteiger partial charge in [-0.15, -0.1) is 0 Å². The molecule has 0 radical (unpaired) electrons. The third-order valence-electron chi connectivity index (χ3n) is 5.05. The van der Waals surface area contributed by atoms with E-state index in [0.29, 0.717) is 27.1 Å². The average Bonchev–Trinajstić information content (AvgIpc) is 2.80. The Morgan fingerprint density at radius 2 is 1.84 bits per heavy atom. The first-order valence-corrected chi connectivity index (χ1v) is 11.5. The van der Waals surface area contributed by atoms with Crippen molar-refractivity contribution in [3.05, 3.63) is 82.6 Å². The largest absolute Gasteiger partial charge is 0.325 e. The summed E-state index contributed by atoms with van der Waals surface area (Å²) in [4.78, 5) is 22.0. The van der Waals surface area contributed by atoms with Gasteiger partial charge in [0.15, 0.2) is 5.82 Å². The van der Waals surface area contributed by atoms with Gasteiger partial charge in [0.25, 0.3) is 0 Å². The molecule has 0 fully saturated rings. The first-order chi connectivity index (χ1) is 15.4. The minimum atomic E-state index is -0.315. The minimum absolute atomic E-state index is 0.151. The number of nitrogens with zero attached hydrogens (tertiary/aromatic N) is 2. The molecule has 0 aliphatic rings. The molecule has 4 rings (SSSR count). The maximum Gasteiger partial charge on any atom is 0.234 e. The summed E-state index contributed by atoms with van der Waals surface area (Å²) in [6.07, 6.45) is 0.883. The molecule has 4 aromatic rings. The first-order valence-electron chi connectivity index (χ1n) is 10.2. The lowest BCUT2D eigenvalue weighted by Gasteiger charge is -2.11. The average molecular weight is 466 g/mol. The highest BCUT2D eigenvalue weighted by Gasteiger charge is 2.13. The molecule has 4 nitrogen and oxygen atoms in total. The number of nitrogens with one attached hydrogen (secondary N) is 1. The minimum Gasteiger partial charge on any atom is -0.325 e. The van der Waals surface area contributed by atoms with Crippen molar-refractivity contribution in [2.24, 2.45) is 0 Å². The monoisotopic (exact) mass is 465 g/mol. The van der Waals surface area contributed by atoms with E-state index in [1.165, 1.54) is 23.9 Å². The standard InChI is InChI=1S/C25H21ClFN3OS/c1-3-16-5-11-21-20(12-16)25(30-24(29-21)17-6-9-19(27)10-7-17)32-14-23(31)28-22-13-18(26)8-4-15(22)2/h4-13H,3,14H2,1-2H3,(H,28,31). The van der Waals surface area contributed by atoms with Crippen molar-refractivity contribution in [3.8, 4) is 11.4 Å². The predicted molar refractivity (Wildman–Crippen MR) is 130 cm³/mol. The Balaban J connectivity index is 1.64. The van der Waals surface area contributed by atoms with Crippen LogP contribution in [0, 0.1) is 12.7 Å². The van der Waals surface area contributed by atoms with E-state index >= 15 is 0 Å². The molecular weight excluding hydrogens is 445 g/mol. The van der Waals surface area contributed by atoms with Gasteiger partial charge in [-0.05, 0) is 73.0 Å². The molecule has 0 spiro atoms. The third kappa shape index (κ3) is 5.09. The number of aromatic nitrogens is 2. The topological polar surface area (TPSA) is 54.9 Å². The van der Waals surface area contributed by atoms with Crippen LogP contribution in [-0.2, 0) is 11.2 Å². The Kier molecular flexibility index (Phi) is 6.72. The van der Waals surface area contributed by atoms with Gasteiger partial charge in [0.05, 0.1) is 11.3 Å². The van der Waals surface area contributed by atoms with Crippen molar-refractivity contribution in [1.29, 1.82) is 0 Å². The number of hydrogen-bond donors (Lipinski definition) is 1. The van der Waals surface area contributed by atoms with Gasteiger partial charge in [0.2, 0.25) is 5.91 Å². The Morgan fingerprint density at radius 3 is 2.59 bits per heavy atom. The van der Waals surface area contributed by atoms with Crippen LogP contribution in [0.25, 0.3) is 22.3 Å². The lowest BCUT2D eigenvalue weighted by molar-refractivity contribution is -0.113. The number of thioether (sulfide) groups is 1. The fourth-order valence-corrected chi connectivity index (χ4v) is 4.24. The molecule has 162 valence electrons. The van der Waals surface area contributed by atoms with Gasteiger partial charge in [-0.2, -0.15) is 0 Å².